The molecule has 0 unspecified atom stereocenters. The van der Waals surface area contributed by atoms with E-state index in [1.165, 1.54) is 179 Å². The van der Waals surface area contributed by atoms with Crippen molar-refractivity contribution in [3.63, 3.8) is 0 Å². The minimum absolute atomic E-state index is 0.0466. The molecule has 4 spiro atoms. The van der Waals surface area contributed by atoms with E-state index in [9.17, 15) is 4.79 Å². The predicted molar refractivity (Wildman–Crippen MR) is 148 cm³/mol. The summed E-state index contributed by atoms with van der Waals surface area (Å²) in [6.45, 7) is 0. The Morgan fingerprint density at radius 3 is 1.00 bits per heavy atom. The molecule has 0 aromatic carbocycles. The van der Waals surface area contributed by atoms with Crippen LogP contribution in [-0.4, -0.2) is 11.6 Å². The van der Waals surface area contributed by atoms with Gasteiger partial charge in [0.15, 0.2) is 0 Å². The summed E-state index contributed by atoms with van der Waals surface area (Å²) >= 11 is 0. The van der Waals surface area contributed by atoms with Gasteiger partial charge in [-0.15, -0.1) is 0 Å². The van der Waals surface area contributed by atoms with E-state index >= 15 is 0 Å². The fourth-order valence-electron chi connectivity index (χ4n) is 11.2. The van der Waals surface area contributed by atoms with Crippen molar-refractivity contribution in [2.75, 3.05) is 0 Å². The molecule has 0 atom stereocenters. The molecule has 0 aromatic heterocycles. The lowest BCUT2D eigenvalue weighted by Crippen LogP contribution is -2.75. The van der Waals surface area contributed by atoms with E-state index < -0.39 is 0 Å². The molecule has 0 aromatic rings. The predicted octanol–water partition coefficient (Wildman–Crippen LogP) is 10.1. The summed E-state index contributed by atoms with van der Waals surface area (Å²) in [4.78, 5) is 13.8. The zero-order valence-electron chi connectivity index (χ0n) is 23.4. The van der Waals surface area contributed by atoms with Crippen LogP contribution in [0, 0.1) is 16.2 Å². The molecule has 202 valence electrons. The van der Waals surface area contributed by atoms with E-state index in [0.717, 1.165) is 0 Å². The van der Waals surface area contributed by atoms with Crippen LogP contribution < -0.4 is 0 Å². The average Bonchev–Trinajstić information content (AvgIpc) is 3.35. The fraction of sp³-hybridized carbons (Fsp3) is 0.912. The molecule has 3 bridgehead atoms. The summed E-state index contributed by atoms with van der Waals surface area (Å²) in [6.07, 6.45) is 36.6. The molecule has 7 aliphatic rings. The van der Waals surface area contributed by atoms with E-state index in [-0.39, 0.29) is 27.8 Å². The van der Waals surface area contributed by atoms with Crippen LogP contribution in [-0.2, 0) is 9.53 Å². The maximum absolute atomic E-state index is 13.8. The van der Waals surface area contributed by atoms with E-state index in [0.29, 0.717) is 0 Å². The van der Waals surface area contributed by atoms with Crippen molar-refractivity contribution in [3.8, 4) is 0 Å². The summed E-state index contributed by atoms with van der Waals surface area (Å²) in [6, 6.07) is 0. The zero-order chi connectivity index (χ0) is 24.5. The molecule has 6 aliphatic carbocycles. The van der Waals surface area contributed by atoms with Crippen LogP contribution in [0.4, 0.5) is 0 Å². The molecule has 1 saturated heterocycles. The molecule has 0 amide bonds. The number of rotatable bonds is 0. The van der Waals surface area contributed by atoms with Crippen molar-refractivity contribution in [2.24, 2.45) is 16.2 Å². The van der Waals surface area contributed by atoms with Crippen molar-refractivity contribution in [1.82, 2.24) is 0 Å². The summed E-state index contributed by atoms with van der Waals surface area (Å²) in [5, 5.41) is 0. The van der Waals surface area contributed by atoms with Gasteiger partial charge >= 0.3 is 5.97 Å². The zero-order valence-corrected chi connectivity index (χ0v) is 23.4. The molecule has 1 aliphatic heterocycles. The second-order valence-electron chi connectivity index (χ2n) is 14.0. The SMILES string of the molecule is O=C1OC23C4(CCCCCCCCC4)C1=C(C21CCCCCCCCC1)C31CCCCCCCCC1. The van der Waals surface area contributed by atoms with Gasteiger partial charge in [-0.3, -0.25) is 0 Å². The highest BCUT2D eigenvalue weighted by molar-refractivity contribution is 6.01. The van der Waals surface area contributed by atoms with Crippen LogP contribution in [0.15, 0.2) is 11.1 Å². The Balaban J connectivity index is 1.46. The monoisotopic (exact) mass is 494 g/mol. The minimum Gasteiger partial charge on any atom is -0.453 e. The molecule has 0 N–H and O–H groups in total. The lowest BCUT2D eigenvalue weighted by molar-refractivity contribution is -0.267. The number of hydrogen-bond donors (Lipinski definition) is 0. The van der Waals surface area contributed by atoms with E-state index in [1.807, 2.05) is 0 Å². The number of carbonyl (C=O) groups excluding carboxylic acids is 1. The Kier molecular flexibility index (Phi) is 7.37. The molecular weight excluding hydrogens is 440 g/mol. The molecule has 4 saturated carbocycles. The topological polar surface area (TPSA) is 26.3 Å². The third-order valence-corrected chi connectivity index (χ3v) is 12.3. The summed E-state index contributed by atoms with van der Waals surface area (Å²) in [5.41, 5.74) is 3.29. The second kappa shape index (κ2) is 10.4. The molecule has 2 heteroatoms. The average molecular weight is 495 g/mol. The molecule has 1 heterocycles. The van der Waals surface area contributed by atoms with Gasteiger partial charge in [0.25, 0.3) is 0 Å². The second-order valence-corrected chi connectivity index (χ2v) is 14.0. The van der Waals surface area contributed by atoms with Gasteiger partial charge in [-0.05, 0) is 44.1 Å². The van der Waals surface area contributed by atoms with Crippen molar-refractivity contribution in [1.29, 1.82) is 0 Å². The van der Waals surface area contributed by atoms with E-state index in [1.54, 1.807) is 5.57 Å². The van der Waals surface area contributed by atoms with Crippen LogP contribution in [0.2, 0.25) is 0 Å². The molecule has 0 radical (unpaired) electrons. The summed E-state index contributed by atoms with van der Waals surface area (Å²) in [5.74, 6) is 0.146. The standard InChI is InChI=1S/C34H54O2/c35-30-28-29-32(24-18-12-6-2-7-13-19-25-32)34(36-30,31(28)22-16-10-4-1-5-11-17-23-31)33(29)26-20-14-8-3-9-15-21-27-33/h1-27H2. The number of esters is 1. The van der Waals surface area contributed by atoms with Gasteiger partial charge in [0.05, 0.1) is 0 Å². The van der Waals surface area contributed by atoms with Crippen molar-refractivity contribution < 1.29 is 9.53 Å². The van der Waals surface area contributed by atoms with Crippen LogP contribution in [0.25, 0.3) is 0 Å². The van der Waals surface area contributed by atoms with E-state index in [4.69, 9.17) is 4.74 Å². The number of ether oxygens (including phenoxy) is 1. The highest BCUT2D eigenvalue weighted by atomic mass is 16.6. The van der Waals surface area contributed by atoms with Gasteiger partial charge in [0.1, 0.15) is 5.60 Å². The highest BCUT2D eigenvalue weighted by Gasteiger charge is 2.93. The normalized spacial score (nSPS) is 32.2. The highest BCUT2D eigenvalue weighted by Crippen LogP contribution is 2.90. The first kappa shape index (κ1) is 25.5. The van der Waals surface area contributed by atoms with E-state index in [2.05, 4.69) is 0 Å². The van der Waals surface area contributed by atoms with Crippen LogP contribution in [0.1, 0.15) is 173 Å². The molecule has 36 heavy (non-hydrogen) atoms. The van der Waals surface area contributed by atoms with Gasteiger partial charge < -0.3 is 4.74 Å². The first-order valence-electron chi connectivity index (χ1n) is 16.7. The third-order valence-electron chi connectivity index (χ3n) is 12.3. The smallest absolute Gasteiger partial charge is 0.335 e. The van der Waals surface area contributed by atoms with Gasteiger partial charge in [-0.25, -0.2) is 4.79 Å². The van der Waals surface area contributed by atoms with Crippen molar-refractivity contribution in [3.05, 3.63) is 11.1 Å². The lowest BCUT2D eigenvalue weighted by atomic mass is 9.34. The van der Waals surface area contributed by atoms with Gasteiger partial charge in [0.2, 0.25) is 0 Å². The van der Waals surface area contributed by atoms with Crippen molar-refractivity contribution >= 4 is 5.97 Å². The summed E-state index contributed by atoms with van der Waals surface area (Å²) in [7, 11) is 0. The molecule has 7 rings (SSSR count). The Bertz CT molecular complexity index is 768. The number of carbonyl (C=O) groups is 1. The number of hydrogen-bond acceptors (Lipinski definition) is 2. The molecule has 2 nitrogen and oxygen atoms in total. The Hall–Kier alpha value is -0.790. The molecule has 5 fully saturated rings. The Morgan fingerprint density at radius 1 is 0.389 bits per heavy atom. The first-order chi connectivity index (χ1) is 17.7. The van der Waals surface area contributed by atoms with Gasteiger partial charge in [-0.1, -0.05) is 135 Å². The van der Waals surface area contributed by atoms with Crippen LogP contribution in [0.5, 0.6) is 0 Å². The van der Waals surface area contributed by atoms with Gasteiger partial charge in [0, 0.05) is 21.8 Å². The maximum Gasteiger partial charge on any atom is 0.335 e. The van der Waals surface area contributed by atoms with Crippen molar-refractivity contribution in [2.45, 2.75) is 179 Å². The fourth-order valence-corrected chi connectivity index (χ4v) is 11.2. The van der Waals surface area contributed by atoms with Gasteiger partial charge in [-0.2, -0.15) is 0 Å². The first-order valence-corrected chi connectivity index (χ1v) is 16.7. The Labute approximate surface area is 221 Å². The van der Waals surface area contributed by atoms with Crippen LogP contribution in [0.3, 0.4) is 0 Å². The maximum atomic E-state index is 13.8. The largest absolute Gasteiger partial charge is 0.453 e. The minimum atomic E-state index is -0.188. The molecular formula is C34H54O2. The Morgan fingerprint density at radius 2 is 0.667 bits per heavy atom. The summed E-state index contributed by atoms with van der Waals surface area (Å²) < 4.78 is 7.10. The van der Waals surface area contributed by atoms with Crippen LogP contribution >= 0.6 is 0 Å². The quantitative estimate of drug-likeness (QED) is 0.313. The third kappa shape index (κ3) is 3.50. The lowest BCUT2D eigenvalue weighted by Gasteiger charge is -2.72.